The van der Waals surface area contributed by atoms with E-state index in [1.165, 1.54) is 4.68 Å². The van der Waals surface area contributed by atoms with Gasteiger partial charge in [-0.05, 0) is 33.4 Å². The number of hydrogen-bond acceptors (Lipinski definition) is 2. The van der Waals surface area contributed by atoms with Crippen LogP contribution in [0, 0.1) is 0 Å². The molecular weight excluding hydrogens is 255 g/mol. The van der Waals surface area contributed by atoms with E-state index in [0.717, 1.165) is 5.69 Å². The first-order chi connectivity index (χ1) is 5.95. The van der Waals surface area contributed by atoms with Crippen molar-refractivity contribution in [3.8, 4) is 0 Å². The molecule has 72 valence electrons. The summed E-state index contributed by atoms with van der Waals surface area (Å²) in [5.74, 6) is 0.269. The summed E-state index contributed by atoms with van der Waals surface area (Å²) in [4.78, 5) is 11.0. The van der Waals surface area contributed by atoms with Crippen LogP contribution in [0.25, 0.3) is 0 Å². The van der Waals surface area contributed by atoms with E-state index in [2.05, 4.69) is 21.0 Å². The summed E-state index contributed by atoms with van der Waals surface area (Å²) in [6, 6.07) is 0. The number of carbonyl (C=O) groups excluding carboxylic acids is 1. The minimum absolute atomic E-state index is 0.269. The molecule has 0 amide bonds. The van der Waals surface area contributed by atoms with Crippen molar-refractivity contribution in [1.29, 1.82) is 0 Å². The summed E-state index contributed by atoms with van der Waals surface area (Å²) in [5, 5.41) is 3.70. The second kappa shape index (κ2) is 3.80. The van der Waals surface area contributed by atoms with Gasteiger partial charge in [0.2, 0.25) is 0 Å². The van der Waals surface area contributed by atoms with Gasteiger partial charge in [0, 0.05) is 7.05 Å². The predicted octanol–water partition coefficient (Wildman–Crippen LogP) is 2.69. The van der Waals surface area contributed by atoms with Crippen LogP contribution in [-0.2, 0) is 7.05 Å². The highest BCUT2D eigenvalue weighted by Crippen LogP contribution is 2.27. The Morgan fingerprint density at radius 2 is 2.15 bits per heavy atom. The maximum atomic E-state index is 11.0. The van der Waals surface area contributed by atoms with Crippen LogP contribution in [-0.4, -0.2) is 15.0 Å². The SMILES string of the molecule is CC(C)c1nn(C)c(C(=O)Cl)c1Br. The van der Waals surface area contributed by atoms with Crippen molar-refractivity contribution in [2.24, 2.45) is 7.05 Å². The molecule has 1 heterocycles. The molecule has 1 aromatic rings. The van der Waals surface area contributed by atoms with Crippen molar-refractivity contribution < 1.29 is 4.79 Å². The smallest absolute Gasteiger partial charge is 0.271 e. The van der Waals surface area contributed by atoms with Crippen LogP contribution in [0.1, 0.15) is 35.9 Å². The molecule has 0 saturated heterocycles. The molecule has 5 heteroatoms. The van der Waals surface area contributed by atoms with Gasteiger partial charge in [0.1, 0.15) is 5.69 Å². The molecular formula is C8H10BrClN2O. The Balaban J connectivity index is 3.30. The summed E-state index contributed by atoms with van der Waals surface area (Å²) in [6.07, 6.45) is 0. The van der Waals surface area contributed by atoms with Gasteiger partial charge >= 0.3 is 0 Å². The van der Waals surface area contributed by atoms with Gasteiger partial charge in [-0.15, -0.1) is 0 Å². The molecule has 13 heavy (non-hydrogen) atoms. The standard InChI is InChI=1S/C8H10BrClN2O/c1-4(2)6-5(9)7(8(10)13)12(3)11-6/h4H,1-3H3. The van der Waals surface area contributed by atoms with Gasteiger partial charge in [-0.2, -0.15) is 5.10 Å². The summed E-state index contributed by atoms with van der Waals surface area (Å²) >= 11 is 8.72. The minimum Gasteiger partial charge on any atom is -0.274 e. The molecule has 0 aliphatic rings. The molecule has 0 fully saturated rings. The predicted molar refractivity (Wildman–Crippen MR) is 55.2 cm³/mol. The van der Waals surface area contributed by atoms with Gasteiger partial charge in [0.25, 0.3) is 5.24 Å². The zero-order valence-electron chi connectivity index (χ0n) is 7.64. The lowest BCUT2D eigenvalue weighted by Crippen LogP contribution is -2.01. The lowest BCUT2D eigenvalue weighted by molar-refractivity contribution is 0.107. The van der Waals surface area contributed by atoms with E-state index in [9.17, 15) is 4.79 Å². The summed E-state index contributed by atoms with van der Waals surface area (Å²) in [5.41, 5.74) is 1.26. The Morgan fingerprint density at radius 3 is 2.38 bits per heavy atom. The van der Waals surface area contributed by atoms with E-state index >= 15 is 0 Å². The van der Waals surface area contributed by atoms with Crippen LogP contribution in [0.15, 0.2) is 4.47 Å². The zero-order valence-corrected chi connectivity index (χ0v) is 9.98. The molecule has 0 spiro atoms. The van der Waals surface area contributed by atoms with E-state index in [0.29, 0.717) is 10.2 Å². The van der Waals surface area contributed by atoms with Crippen LogP contribution < -0.4 is 0 Å². The Hall–Kier alpha value is -0.350. The third-order valence-corrected chi connectivity index (χ3v) is 2.71. The normalized spacial score (nSPS) is 10.9. The number of aryl methyl sites for hydroxylation is 1. The average Bonchev–Trinajstić information content (AvgIpc) is 2.26. The first-order valence-electron chi connectivity index (χ1n) is 3.87. The highest BCUT2D eigenvalue weighted by Gasteiger charge is 2.19. The van der Waals surface area contributed by atoms with Crippen LogP contribution in [0.3, 0.4) is 0 Å². The molecule has 0 saturated carbocycles. The molecule has 1 rings (SSSR count). The summed E-state index contributed by atoms with van der Waals surface area (Å²) in [7, 11) is 1.70. The Morgan fingerprint density at radius 1 is 1.62 bits per heavy atom. The second-order valence-electron chi connectivity index (χ2n) is 3.10. The van der Waals surface area contributed by atoms with Gasteiger partial charge < -0.3 is 0 Å². The summed E-state index contributed by atoms with van der Waals surface area (Å²) < 4.78 is 2.19. The van der Waals surface area contributed by atoms with Crippen LogP contribution >= 0.6 is 27.5 Å². The maximum Gasteiger partial charge on any atom is 0.271 e. The fourth-order valence-electron chi connectivity index (χ4n) is 1.10. The van der Waals surface area contributed by atoms with Gasteiger partial charge in [-0.1, -0.05) is 13.8 Å². The quantitative estimate of drug-likeness (QED) is 0.771. The number of rotatable bonds is 2. The largest absolute Gasteiger partial charge is 0.274 e. The molecule has 0 atom stereocenters. The lowest BCUT2D eigenvalue weighted by Gasteiger charge is -1.98. The van der Waals surface area contributed by atoms with Gasteiger partial charge in [-0.25, -0.2) is 0 Å². The summed E-state index contributed by atoms with van der Waals surface area (Å²) in [6.45, 7) is 4.02. The van der Waals surface area contributed by atoms with Crippen molar-refractivity contribution in [3.05, 3.63) is 15.9 Å². The van der Waals surface area contributed by atoms with E-state index in [-0.39, 0.29) is 5.92 Å². The molecule has 0 aromatic carbocycles. The number of aromatic nitrogens is 2. The first-order valence-corrected chi connectivity index (χ1v) is 5.04. The van der Waals surface area contributed by atoms with E-state index < -0.39 is 5.24 Å². The zero-order chi connectivity index (χ0) is 10.2. The molecule has 0 unspecified atom stereocenters. The van der Waals surface area contributed by atoms with Crippen LogP contribution in [0.5, 0.6) is 0 Å². The van der Waals surface area contributed by atoms with Crippen molar-refractivity contribution in [2.45, 2.75) is 19.8 Å². The minimum atomic E-state index is -0.492. The van der Waals surface area contributed by atoms with Gasteiger partial charge in [0.15, 0.2) is 0 Å². The Labute approximate surface area is 90.2 Å². The van der Waals surface area contributed by atoms with E-state index in [1.54, 1.807) is 7.05 Å². The first kappa shape index (κ1) is 10.7. The third kappa shape index (κ3) is 1.94. The molecule has 0 bridgehead atoms. The lowest BCUT2D eigenvalue weighted by atomic mass is 10.1. The number of nitrogens with zero attached hydrogens (tertiary/aromatic N) is 2. The molecule has 0 radical (unpaired) electrons. The number of carbonyl (C=O) groups is 1. The highest BCUT2D eigenvalue weighted by atomic mass is 79.9. The van der Waals surface area contributed by atoms with Crippen molar-refractivity contribution in [2.75, 3.05) is 0 Å². The van der Waals surface area contributed by atoms with Crippen molar-refractivity contribution in [3.63, 3.8) is 0 Å². The fourth-order valence-corrected chi connectivity index (χ4v) is 2.41. The Kier molecular flexibility index (Phi) is 3.14. The fraction of sp³-hybridized carbons (Fsp3) is 0.500. The maximum absolute atomic E-state index is 11.0. The van der Waals surface area contributed by atoms with Crippen molar-refractivity contribution in [1.82, 2.24) is 9.78 Å². The molecule has 0 N–H and O–H groups in total. The van der Waals surface area contributed by atoms with Gasteiger partial charge in [-0.3, -0.25) is 9.48 Å². The molecule has 3 nitrogen and oxygen atoms in total. The molecule has 0 aliphatic carbocycles. The number of hydrogen-bond donors (Lipinski definition) is 0. The van der Waals surface area contributed by atoms with Crippen LogP contribution in [0.2, 0.25) is 0 Å². The van der Waals surface area contributed by atoms with Crippen molar-refractivity contribution >= 4 is 32.8 Å². The highest BCUT2D eigenvalue weighted by molar-refractivity contribution is 9.10. The van der Waals surface area contributed by atoms with Gasteiger partial charge in [0.05, 0.1) is 10.2 Å². The molecule has 0 aliphatic heterocycles. The topological polar surface area (TPSA) is 34.9 Å². The number of halogens is 2. The van der Waals surface area contributed by atoms with E-state index in [4.69, 9.17) is 11.6 Å². The average molecular weight is 266 g/mol. The molecule has 1 aromatic heterocycles. The monoisotopic (exact) mass is 264 g/mol. The Bertz CT molecular complexity index is 346. The van der Waals surface area contributed by atoms with Crippen LogP contribution in [0.4, 0.5) is 0 Å². The second-order valence-corrected chi connectivity index (χ2v) is 4.24. The third-order valence-electron chi connectivity index (χ3n) is 1.75. The van der Waals surface area contributed by atoms with E-state index in [1.807, 2.05) is 13.8 Å².